The smallest absolute Gasteiger partial charge is 0.227 e. The Balaban J connectivity index is 2.42. The molecule has 0 saturated carbocycles. The lowest BCUT2D eigenvalue weighted by molar-refractivity contribution is 0.450. The Hall–Kier alpha value is -2.10. The van der Waals surface area contributed by atoms with Crippen molar-refractivity contribution in [3.8, 4) is 11.6 Å². The van der Waals surface area contributed by atoms with Crippen LogP contribution in [0.15, 0.2) is 18.5 Å². The molecule has 1 aromatic carbocycles. The summed E-state index contributed by atoms with van der Waals surface area (Å²) in [6.07, 6.45) is 3.23. The molecule has 0 bridgehead atoms. The fraction of sp³-hybridized carbons (Fsp3) is 0.375. The summed E-state index contributed by atoms with van der Waals surface area (Å²) < 4.78 is 6.00. The van der Waals surface area contributed by atoms with Gasteiger partial charge in [0.05, 0.1) is 5.56 Å². The molecule has 0 fully saturated rings. The molecule has 2 rings (SSSR count). The number of aryl methyl sites for hydroxylation is 2. The van der Waals surface area contributed by atoms with Crippen LogP contribution in [0.25, 0.3) is 0 Å². The van der Waals surface area contributed by atoms with Gasteiger partial charge in [-0.3, -0.25) is 0 Å². The third-order valence-corrected chi connectivity index (χ3v) is 3.41. The van der Waals surface area contributed by atoms with E-state index in [1.54, 1.807) is 0 Å². The Labute approximate surface area is 120 Å². The van der Waals surface area contributed by atoms with Gasteiger partial charge in [0, 0.05) is 0 Å². The van der Waals surface area contributed by atoms with E-state index in [1.807, 2.05) is 13.0 Å². The van der Waals surface area contributed by atoms with Crippen LogP contribution in [-0.2, 0) is 6.42 Å². The van der Waals surface area contributed by atoms with Gasteiger partial charge in [-0.2, -0.15) is 0 Å². The summed E-state index contributed by atoms with van der Waals surface area (Å²) in [6.45, 7) is 8.28. The number of hydrogen-bond acceptors (Lipinski definition) is 4. The topological polar surface area (TPSA) is 61.0 Å². The van der Waals surface area contributed by atoms with Crippen molar-refractivity contribution in [3.05, 3.63) is 40.7 Å². The number of nitrogen functional groups attached to an aromatic ring is 1. The summed E-state index contributed by atoms with van der Waals surface area (Å²) in [4.78, 5) is 8.28. The number of anilines is 1. The fourth-order valence-electron chi connectivity index (χ4n) is 2.19. The zero-order chi connectivity index (χ0) is 14.7. The number of rotatable bonds is 4. The highest BCUT2D eigenvalue weighted by molar-refractivity contribution is 5.49. The molecule has 0 aliphatic heterocycles. The maximum atomic E-state index is 6.00. The second-order valence-corrected chi connectivity index (χ2v) is 5.10. The first-order valence-corrected chi connectivity index (χ1v) is 6.88. The molecule has 1 heterocycles. The minimum atomic E-state index is 0.499. The van der Waals surface area contributed by atoms with E-state index in [9.17, 15) is 0 Å². The van der Waals surface area contributed by atoms with Crippen LogP contribution < -0.4 is 10.5 Å². The van der Waals surface area contributed by atoms with Crippen molar-refractivity contribution >= 4 is 5.82 Å². The number of aromatic nitrogens is 2. The molecule has 0 aliphatic rings. The summed E-state index contributed by atoms with van der Waals surface area (Å²) in [6, 6.07) is 4.17. The monoisotopic (exact) mass is 271 g/mol. The van der Waals surface area contributed by atoms with E-state index < -0.39 is 0 Å². The lowest BCUT2D eigenvalue weighted by Gasteiger charge is -2.14. The van der Waals surface area contributed by atoms with E-state index in [4.69, 9.17) is 10.5 Å². The van der Waals surface area contributed by atoms with Crippen LogP contribution in [0.1, 0.15) is 35.6 Å². The first-order chi connectivity index (χ1) is 9.52. The van der Waals surface area contributed by atoms with Gasteiger partial charge in [-0.15, -0.1) is 0 Å². The van der Waals surface area contributed by atoms with Crippen molar-refractivity contribution < 1.29 is 4.74 Å². The van der Waals surface area contributed by atoms with E-state index >= 15 is 0 Å². The Morgan fingerprint density at radius 1 is 1.15 bits per heavy atom. The van der Waals surface area contributed by atoms with Gasteiger partial charge < -0.3 is 10.5 Å². The highest BCUT2D eigenvalue weighted by Gasteiger charge is 2.13. The van der Waals surface area contributed by atoms with Crippen LogP contribution in [0, 0.1) is 20.8 Å². The average Bonchev–Trinajstić information content (AvgIpc) is 2.39. The normalized spacial score (nSPS) is 10.6. The third kappa shape index (κ3) is 2.90. The fourth-order valence-corrected chi connectivity index (χ4v) is 2.19. The first-order valence-electron chi connectivity index (χ1n) is 6.88. The molecule has 0 atom stereocenters. The quantitative estimate of drug-likeness (QED) is 0.920. The van der Waals surface area contributed by atoms with Crippen LogP contribution >= 0.6 is 0 Å². The zero-order valence-electron chi connectivity index (χ0n) is 12.5. The molecule has 0 aliphatic carbocycles. The van der Waals surface area contributed by atoms with Crippen molar-refractivity contribution in [2.45, 2.75) is 40.5 Å². The van der Waals surface area contributed by atoms with Gasteiger partial charge in [0.1, 0.15) is 17.9 Å². The number of ether oxygens (including phenoxy) is 1. The number of nitrogens with two attached hydrogens (primary N) is 1. The number of benzene rings is 1. The molecular weight excluding hydrogens is 250 g/mol. The van der Waals surface area contributed by atoms with Crippen molar-refractivity contribution in [1.29, 1.82) is 0 Å². The SMILES string of the molecule is CCCc1c(N)ncnc1Oc1cc(C)cc(C)c1C. The number of nitrogens with zero attached hydrogens (tertiary/aromatic N) is 2. The van der Waals surface area contributed by atoms with Crippen LogP contribution in [0.5, 0.6) is 11.6 Å². The molecule has 20 heavy (non-hydrogen) atoms. The minimum absolute atomic E-state index is 0.499. The van der Waals surface area contributed by atoms with Crippen LogP contribution in [0.2, 0.25) is 0 Å². The molecule has 2 aromatic rings. The predicted molar refractivity (Wildman–Crippen MR) is 81.2 cm³/mol. The van der Waals surface area contributed by atoms with Gasteiger partial charge in [0.25, 0.3) is 0 Å². The Kier molecular flexibility index (Phi) is 4.23. The molecule has 4 heteroatoms. The summed E-state index contributed by atoms with van der Waals surface area (Å²) >= 11 is 0. The van der Waals surface area contributed by atoms with E-state index in [1.165, 1.54) is 17.5 Å². The summed E-state index contributed by atoms with van der Waals surface area (Å²) in [5.74, 6) is 1.89. The lowest BCUT2D eigenvalue weighted by atomic mass is 10.1. The second-order valence-electron chi connectivity index (χ2n) is 5.10. The van der Waals surface area contributed by atoms with Crippen LogP contribution in [-0.4, -0.2) is 9.97 Å². The maximum Gasteiger partial charge on any atom is 0.227 e. The molecular formula is C16H21N3O. The third-order valence-electron chi connectivity index (χ3n) is 3.41. The Morgan fingerprint density at radius 3 is 2.60 bits per heavy atom. The molecule has 0 saturated heterocycles. The van der Waals surface area contributed by atoms with Gasteiger partial charge in [0.2, 0.25) is 5.88 Å². The van der Waals surface area contributed by atoms with Gasteiger partial charge in [-0.1, -0.05) is 19.4 Å². The van der Waals surface area contributed by atoms with Gasteiger partial charge in [-0.25, -0.2) is 9.97 Å². The standard InChI is InChI=1S/C16H21N3O/c1-5-6-13-15(17)18-9-19-16(13)20-14-8-10(2)7-11(3)12(14)4/h7-9H,5-6H2,1-4H3,(H2,17,18,19). The van der Waals surface area contributed by atoms with Crippen LogP contribution in [0.3, 0.4) is 0 Å². The van der Waals surface area contributed by atoms with E-state index in [0.29, 0.717) is 11.7 Å². The molecule has 0 spiro atoms. The van der Waals surface area contributed by atoms with Crippen molar-refractivity contribution in [2.75, 3.05) is 5.73 Å². The van der Waals surface area contributed by atoms with Crippen LogP contribution in [0.4, 0.5) is 5.82 Å². The Bertz CT molecular complexity index is 623. The van der Waals surface area contributed by atoms with Gasteiger partial charge in [-0.05, 0) is 49.9 Å². The molecule has 0 amide bonds. The Morgan fingerprint density at radius 2 is 1.90 bits per heavy atom. The van der Waals surface area contributed by atoms with E-state index in [0.717, 1.165) is 29.7 Å². The molecule has 4 nitrogen and oxygen atoms in total. The largest absolute Gasteiger partial charge is 0.438 e. The molecule has 106 valence electrons. The van der Waals surface area contributed by atoms with Crippen molar-refractivity contribution in [2.24, 2.45) is 0 Å². The molecule has 0 unspecified atom stereocenters. The molecule has 0 radical (unpaired) electrons. The summed E-state index contributed by atoms with van der Waals surface area (Å²) in [5.41, 5.74) is 10.3. The summed E-state index contributed by atoms with van der Waals surface area (Å²) in [5, 5.41) is 0. The highest BCUT2D eigenvalue weighted by Crippen LogP contribution is 2.31. The highest BCUT2D eigenvalue weighted by atomic mass is 16.5. The van der Waals surface area contributed by atoms with Crippen molar-refractivity contribution in [3.63, 3.8) is 0 Å². The molecule has 2 N–H and O–H groups in total. The number of hydrogen-bond donors (Lipinski definition) is 1. The van der Waals surface area contributed by atoms with Crippen molar-refractivity contribution in [1.82, 2.24) is 9.97 Å². The molecule has 1 aromatic heterocycles. The second kappa shape index (κ2) is 5.90. The minimum Gasteiger partial charge on any atom is -0.438 e. The average molecular weight is 271 g/mol. The maximum absolute atomic E-state index is 6.00. The van der Waals surface area contributed by atoms with Gasteiger partial charge in [0.15, 0.2) is 0 Å². The van der Waals surface area contributed by atoms with E-state index in [2.05, 4.69) is 36.8 Å². The predicted octanol–water partition coefficient (Wildman–Crippen LogP) is 3.73. The van der Waals surface area contributed by atoms with Gasteiger partial charge >= 0.3 is 0 Å². The lowest BCUT2D eigenvalue weighted by Crippen LogP contribution is -2.03. The zero-order valence-corrected chi connectivity index (χ0v) is 12.5. The van der Waals surface area contributed by atoms with E-state index in [-0.39, 0.29) is 0 Å². The first kappa shape index (κ1) is 14.3. The summed E-state index contributed by atoms with van der Waals surface area (Å²) in [7, 11) is 0.